The van der Waals surface area contributed by atoms with Crippen molar-refractivity contribution in [2.45, 2.75) is 17.5 Å². The summed E-state index contributed by atoms with van der Waals surface area (Å²) < 4.78 is 15.9. The monoisotopic (exact) mass is 467 g/mol. The molecule has 0 radical (unpaired) electrons. The second kappa shape index (κ2) is 8.70. The van der Waals surface area contributed by atoms with Gasteiger partial charge in [-0.25, -0.2) is 9.59 Å². The lowest BCUT2D eigenvalue weighted by atomic mass is 9.96. The normalized spacial score (nSPS) is 18.7. The minimum atomic E-state index is -0.619. The van der Waals surface area contributed by atoms with Gasteiger partial charge < -0.3 is 24.8 Å². The number of ether oxygens (including phenoxy) is 3. The number of nitrogens with one attached hydrogen (secondary N) is 2. The molecule has 0 fully saturated rings. The highest BCUT2D eigenvalue weighted by Gasteiger charge is 2.42. The van der Waals surface area contributed by atoms with Gasteiger partial charge >= 0.3 is 12.0 Å². The molecule has 0 saturated carbocycles. The summed E-state index contributed by atoms with van der Waals surface area (Å²) in [4.78, 5) is 40.3. The van der Waals surface area contributed by atoms with Gasteiger partial charge in [0, 0.05) is 11.4 Å². The number of rotatable bonds is 6. The molecule has 3 aliphatic rings. The van der Waals surface area contributed by atoms with E-state index in [2.05, 4.69) is 10.6 Å². The molecular formula is C23H21N3O6S. The molecule has 0 saturated heterocycles. The molecule has 0 unspecified atom stereocenters. The molecule has 170 valence electrons. The Hall–Kier alpha value is -3.66. The van der Waals surface area contributed by atoms with Crippen LogP contribution < -0.4 is 20.1 Å². The molecule has 2 aromatic rings. The largest absolute Gasteiger partial charge is 0.456 e. The van der Waals surface area contributed by atoms with Crippen LogP contribution in [0.5, 0.6) is 11.5 Å². The minimum absolute atomic E-state index is 0.0452. The van der Waals surface area contributed by atoms with Crippen LogP contribution in [0.25, 0.3) is 0 Å². The van der Waals surface area contributed by atoms with E-state index >= 15 is 0 Å². The van der Waals surface area contributed by atoms with Gasteiger partial charge in [-0.2, -0.15) is 0 Å². The molecule has 2 N–H and O–H groups in total. The van der Waals surface area contributed by atoms with Gasteiger partial charge in [0.25, 0.3) is 0 Å². The van der Waals surface area contributed by atoms with E-state index in [0.29, 0.717) is 22.8 Å². The molecule has 0 aliphatic carbocycles. The predicted molar refractivity (Wildman–Crippen MR) is 119 cm³/mol. The lowest BCUT2D eigenvalue weighted by Crippen LogP contribution is -2.50. The standard InChI is InChI=1S/C23H21N3O6S/c1-33-15-5-3-14(4-6-15)21-20-16(11-30-22(20)28)26(23(29)25-21)10-19(27)24-9-13-2-7-17-18(8-13)32-12-31-17/h2-8,21H,9-12H2,1H3,(H,24,27)(H,25,29)/t21-/m0/s1. The number of cyclic esters (lactones) is 1. The van der Waals surface area contributed by atoms with Gasteiger partial charge in [-0.1, -0.05) is 18.2 Å². The Bertz CT molecular complexity index is 1160. The van der Waals surface area contributed by atoms with Crippen molar-refractivity contribution >= 4 is 29.7 Å². The van der Waals surface area contributed by atoms with E-state index in [1.807, 2.05) is 36.6 Å². The third-order valence-corrected chi connectivity index (χ3v) is 6.42. The third-order valence-electron chi connectivity index (χ3n) is 5.68. The van der Waals surface area contributed by atoms with Crippen LogP contribution in [0.4, 0.5) is 4.79 Å². The first-order valence-corrected chi connectivity index (χ1v) is 11.5. The predicted octanol–water partition coefficient (Wildman–Crippen LogP) is 2.33. The van der Waals surface area contributed by atoms with Crippen LogP contribution in [-0.4, -0.2) is 49.0 Å². The van der Waals surface area contributed by atoms with Crippen molar-refractivity contribution in [3.05, 3.63) is 64.9 Å². The Morgan fingerprint density at radius 2 is 1.91 bits per heavy atom. The van der Waals surface area contributed by atoms with Gasteiger partial charge in [0.15, 0.2) is 11.5 Å². The number of nitrogens with zero attached hydrogens (tertiary/aromatic N) is 1. The van der Waals surface area contributed by atoms with Gasteiger partial charge in [-0.15, -0.1) is 11.8 Å². The molecule has 3 aliphatic heterocycles. The second-order valence-corrected chi connectivity index (χ2v) is 8.52. The van der Waals surface area contributed by atoms with E-state index < -0.39 is 18.0 Å². The van der Waals surface area contributed by atoms with Crippen molar-refractivity contribution in [1.82, 2.24) is 15.5 Å². The van der Waals surface area contributed by atoms with Crippen LogP contribution in [-0.2, 0) is 20.9 Å². The van der Waals surface area contributed by atoms with Crippen LogP contribution in [0.3, 0.4) is 0 Å². The van der Waals surface area contributed by atoms with E-state index in [0.717, 1.165) is 16.0 Å². The SMILES string of the molecule is CSc1ccc([C@@H]2NC(=O)N(CC(=O)NCc3ccc4c(c3)OCO4)C3=C2C(=O)OC3)cc1. The molecule has 9 nitrogen and oxygen atoms in total. The number of carbonyl (C=O) groups is 3. The summed E-state index contributed by atoms with van der Waals surface area (Å²) in [5, 5.41) is 5.64. The molecule has 5 rings (SSSR count). The van der Waals surface area contributed by atoms with Crippen molar-refractivity contribution in [3.8, 4) is 11.5 Å². The second-order valence-electron chi connectivity index (χ2n) is 7.64. The minimum Gasteiger partial charge on any atom is -0.456 e. The number of fused-ring (bicyclic) bond motifs is 1. The van der Waals surface area contributed by atoms with E-state index in [1.54, 1.807) is 23.9 Å². The molecule has 0 spiro atoms. The molecule has 0 bridgehead atoms. The molecule has 0 aromatic heterocycles. The third kappa shape index (κ3) is 4.09. The van der Waals surface area contributed by atoms with Crippen LogP contribution >= 0.6 is 11.8 Å². The van der Waals surface area contributed by atoms with Gasteiger partial charge in [0.2, 0.25) is 12.7 Å². The number of esters is 1. The summed E-state index contributed by atoms with van der Waals surface area (Å²) >= 11 is 1.60. The van der Waals surface area contributed by atoms with E-state index in [-0.39, 0.29) is 32.4 Å². The highest BCUT2D eigenvalue weighted by molar-refractivity contribution is 7.98. The molecule has 33 heavy (non-hydrogen) atoms. The lowest BCUT2D eigenvalue weighted by Gasteiger charge is -2.32. The van der Waals surface area contributed by atoms with Crippen LogP contribution in [0.15, 0.2) is 58.6 Å². The number of urea groups is 1. The van der Waals surface area contributed by atoms with E-state index in [1.165, 1.54) is 4.90 Å². The molecule has 10 heteroatoms. The average Bonchev–Trinajstić information content (AvgIpc) is 3.46. The maximum atomic E-state index is 12.9. The van der Waals surface area contributed by atoms with E-state index in [9.17, 15) is 14.4 Å². The lowest BCUT2D eigenvalue weighted by molar-refractivity contribution is -0.136. The maximum Gasteiger partial charge on any atom is 0.338 e. The first kappa shape index (κ1) is 21.2. The zero-order valence-corrected chi connectivity index (χ0v) is 18.6. The fraction of sp³-hybridized carbons (Fsp3) is 0.261. The van der Waals surface area contributed by atoms with Gasteiger partial charge in [-0.05, 0) is 41.6 Å². The number of amides is 3. The quantitative estimate of drug-likeness (QED) is 0.496. The summed E-state index contributed by atoms with van der Waals surface area (Å²) in [7, 11) is 0. The Labute approximate surface area is 194 Å². The fourth-order valence-corrected chi connectivity index (χ4v) is 4.38. The van der Waals surface area contributed by atoms with Gasteiger partial charge in [0.05, 0.1) is 17.3 Å². The average molecular weight is 468 g/mol. The summed E-state index contributed by atoms with van der Waals surface area (Å²) in [6.45, 7) is 0.160. The molecule has 2 aromatic carbocycles. The van der Waals surface area contributed by atoms with Crippen molar-refractivity contribution < 1.29 is 28.6 Å². The zero-order chi connectivity index (χ0) is 22.9. The Balaban J connectivity index is 1.30. The number of benzene rings is 2. The topological polar surface area (TPSA) is 106 Å². The Morgan fingerprint density at radius 1 is 1.12 bits per heavy atom. The first-order chi connectivity index (χ1) is 16.0. The Kier molecular flexibility index (Phi) is 5.59. The number of hydrogen-bond donors (Lipinski definition) is 2. The van der Waals surface area contributed by atoms with Crippen molar-refractivity contribution in [2.75, 3.05) is 26.2 Å². The number of hydrogen-bond acceptors (Lipinski definition) is 7. The van der Waals surface area contributed by atoms with Crippen molar-refractivity contribution in [1.29, 1.82) is 0 Å². The van der Waals surface area contributed by atoms with Crippen LogP contribution in [0, 0.1) is 0 Å². The van der Waals surface area contributed by atoms with Crippen LogP contribution in [0.2, 0.25) is 0 Å². The fourth-order valence-electron chi connectivity index (χ4n) is 3.98. The Morgan fingerprint density at radius 3 is 2.70 bits per heavy atom. The van der Waals surface area contributed by atoms with E-state index in [4.69, 9.17) is 14.2 Å². The summed E-state index contributed by atoms with van der Waals surface area (Å²) in [6, 6.07) is 12.0. The number of carbonyl (C=O) groups excluding carboxylic acids is 3. The molecular weight excluding hydrogens is 446 g/mol. The molecule has 1 atom stereocenters. The smallest absolute Gasteiger partial charge is 0.338 e. The van der Waals surface area contributed by atoms with Gasteiger partial charge in [-0.3, -0.25) is 9.69 Å². The molecule has 3 heterocycles. The summed E-state index contributed by atoms with van der Waals surface area (Å²) in [5.41, 5.74) is 2.39. The van der Waals surface area contributed by atoms with Crippen molar-refractivity contribution in [2.24, 2.45) is 0 Å². The zero-order valence-electron chi connectivity index (χ0n) is 17.8. The molecule has 3 amide bonds. The highest BCUT2D eigenvalue weighted by Crippen LogP contribution is 2.35. The number of thioether (sulfide) groups is 1. The summed E-state index contributed by atoms with van der Waals surface area (Å²) in [5.74, 6) is 0.440. The van der Waals surface area contributed by atoms with Crippen LogP contribution in [0.1, 0.15) is 17.2 Å². The first-order valence-electron chi connectivity index (χ1n) is 10.3. The van der Waals surface area contributed by atoms with Gasteiger partial charge in [0.1, 0.15) is 13.2 Å². The summed E-state index contributed by atoms with van der Waals surface area (Å²) in [6.07, 6.45) is 1.97. The highest BCUT2D eigenvalue weighted by atomic mass is 32.2. The van der Waals surface area contributed by atoms with Crippen molar-refractivity contribution in [3.63, 3.8) is 0 Å². The maximum absolute atomic E-state index is 12.9.